The van der Waals surface area contributed by atoms with Crippen LogP contribution in [-0.2, 0) is 4.79 Å². The zero-order chi connectivity index (χ0) is 15.4. The van der Waals surface area contributed by atoms with Gasteiger partial charge in [0.15, 0.2) is 0 Å². The Morgan fingerprint density at radius 2 is 2.10 bits per heavy atom. The smallest absolute Gasteiger partial charge is 0.326 e. The number of hydrogen-bond acceptors (Lipinski definition) is 3. The maximum absolute atomic E-state index is 12.4. The van der Waals surface area contributed by atoms with Crippen LogP contribution < -0.4 is 5.32 Å². The lowest BCUT2D eigenvalue weighted by molar-refractivity contribution is -0.145. The van der Waals surface area contributed by atoms with E-state index < -0.39 is 12.0 Å². The molecular weight excluding hydrogens is 270 g/mol. The van der Waals surface area contributed by atoms with Crippen molar-refractivity contribution in [3.63, 3.8) is 0 Å². The molecule has 2 rings (SSSR count). The summed E-state index contributed by atoms with van der Waals surface area (Å²) in [6.07, 6.45) is 5.00. The van der Waals surface area contributed by atoms with Gasteiger partial charge in [-0.15, -0.1) is 0 Å². The molecule has 2 heterocycles. The van der Waals surface area contributed by atoms with Crippen LogP contribution in [0, 0.1) is 5.92 Å². The summed E-state index contributed by atoms with van der Waals surface area (Å²) in [4.78, 5) is 29.2. The molecule has 3 unspecified atom stereocenters. The van der Waals surface area contributed by atoms with E-state index in [0.29, 0.717) is 6.54 Å². The second-order valence-electron chi connectivity index (χ2n) is 5.55. The molecule has 1 fully saturated rings. The number of nitrogens with one attached hydrogen (secondary N) is 1. The van der Waals surface area contributed by atoms with Gasteiger partial charge < -0.3 is 15.3 Å². The SMILES string of the molecule is CC(NC(=O)N1CCCC(C)C1C(=O)O)c1ccncc1. The highest BCUT2D eigenvalue weighted by Crippen LogP contribution is 2.24. The van der Waals surface area contributed by atoms with Gasteiger partial charge in [-0.2, -0.15) is 0 Å². The highest BCUT2D eigenvalue weighted by molar-refractivity contribution is 5.83. The van der Waals surface area contributed by atoms with Gasteiger partial charge in [-0.05, 0) is 43.4 Å². The molecule has 6 nitrogen and oxygen atoms in total. The predicted octanol–water partition coefficient (Wildman–Crippen LogP) is 2.04. The molecule has 1 aliphatic rings. The van der Waals surface area contributed by atoms with Gasteiger partial charge >= 0.3 is 12.0 Å². The number of amides is 2. The number of aliphatic carboxylic acids is 1. The minimum absolute atomic E-state index is 0.0294. The summed E-state index contributed by atoms with van der Waals surface area (Å²) in [5, 5.41) is 12.2. The number of carbonyl (C=O) groups is 2. The fourth-order valence-electron chi connectivity index (χ4n) is 2.80. The van der Waals surface area contributed by atoms with Crippen LogP contribution in [-0.4, -0.2) is 39.6 Å². The number of nitrogens with zero attached hydrogens (tertiary/aromatic N) is 2. The van der Waals surface area contributed by atoms with Crippen LogP contribution in [0.25, 0.3) is 0 Å². The van der Waals surface area contributed by atoms with Gasteiger partial charge in [0.1, 0.15) is 6.04 Å². The molecule has 2 amide bonds. The number of pyridine rings is 1. The predicted molar refractivity (Wildman–Crippen MR) is 77.7 cm³/mol. The highest BCUT2D eigenvalue weighted by Gasteiger charge is 2.37. The number of urea groups is 1. The lowest BCUT2D eigenvalue weighted by atomic mass is 9.91. The average molecular weight is 291 g/mol. The van der Waals surface area contributed by atoms with Crippen molar-refractivity contribution in [2.24, 2.45) is 5.92 Å². The van der Waals surface area contributed by atoms with Crippen LogP contribution in [0.5, 0.6) is 0 Å². The quantitative estimate of drug-likeness (QED) is 0.892. The Balaban J connectivity index is 2.06. The molecule has 3 atom stereocenters. The molecule has 0 bridgehead atoms. The fourth-order valence-corrected chi connectivity index (χ4v) is 2.80. The third-order valence-corrected chi connectivity index (χ3v) is 3.99. The molecular formula is C15H21N3O3. The number of piperidine rings is 1. The van der Waals surface area contributed by atoms with Crippen molar-refractivity contribution in [3.05, 3.63) is 30.1 Å². The summed E-state index contributed by atoms with van der Waals surface area (Å²) < 4.78 is 0. The van der Waals surface area contributed by atoms with E-state index in [1.54, 1.807) is 12.4 Å². The van der Waals surface area contributed by atoms with Crippen LogP contribution in [0.3, 0.4) is 0 Å². The normalized spacial score (nSPS) is 23.4. The zero-order valence-electron chi connectivity index (χ0n) is 12.3. The van der Waals surface area contributed by atoms with Gasteiger partial charge in [-0.1, -0.05) is 6.92 Å². The first-order valence-electron chi connectivity index (χ1n) is 7.20. The summed E-state index contributed by atoms with van der Waals surface area (Å²) in [6.45, 7) is 4.23. The number of aromatic nitrogens is 1. The third kappa shape index (κ3) is 3.51. The number of hydrogen-bond donors (Lipinski definition) is 2. The summed E-state index contributed by atoms with van der Waals surface area (Å²) in [5.74, 6) is -0.966. The van der Waals surface area contributed by atoms with Gasteiger partial charge in [0.05, 0.1) is 6.04 Å². The Hall–Kier alpha value is -2.11. The van der Waals surface area contributed by atoms with Crippen LogP contribution in [0.2, 0.25) is 0 Å². The molecule has 1 saturated heterocycles. The van der Waals surface area contributed by atoms with Crippen molar-refractivity contribution in [2.45, 2.75) is 38.8 Å². The van der Waals surface area contributed by atoms with E-state index >= 15 is 0 Å². The molecule has 0 aromatic carbocycles. The largest absolute Gasteiger partial charge is 0.480 e. The first-order chi connectivity index (χ1) is 10.0. The molecule has 1 aliphatic heterocycles. The third-order valence-electron chi connectivity index (χ3n) is 3.99. The Labute approximate surface area is 124 Å². The maximum Gasteiger partial charge on any atom is 0.326 e. The number of carboxylic acids is 1. The van der Waals surface area contributed by atoms with Crippen molar-refractivity contribution >= 4 is 12.0 Å². The van der Waals surface area contributed by atoms with Crippen molar-refractivity contribution in [3.8, 4) is 0 Å². The molecule has 21 heavy (non-hydrogen) atoms. The fraction of sp³-hybridized carbons (Fsp3) is 0.533. The zero-order valence-corrected chi connectivity index (χ0v) is 12.3. The van der Waals surface area contributed by atoms with E-state index in [1.165, 1.54) is 4.90 Å². The van der Waals surface area contributed by atoms with E-state index in [0.717, 1.165) is 18.4 Å². The molecule has 6 heteroatoms. The summed E-state index contributed by atoms with van der Waals surface area (Å²) in [7, 11) is 0. The molecule has 0 spiro atoms. The summed E-state index contributed by atoms with van der Waals surface area (Å²) in [5.41, 5.74) is 0.940. The standard InChI is InChI=1S/C15H21N3O3/c1-10-4-3-9-18(13(10)14(19)20)15(21)17-11(2)12-5-7-16-8-6-12/h5-8,10-11,13H,3-4,9H2,1-2H3,(H,17,21)(H,19,20). The molecule has 1 aromatic rings. The van der Waals surface area contributed by atoms with Crippen LogP contribution in [0.1, 0.15) is 38.3 Å². The molecule has 0 radical (unpaired) electrons. The average Bonchev–Trinajstić information content (AvgIpc) is 2.47. The van der Waals surface area contributed by atoms with Crippen molar-refractivity contribution in [1.29, 1.82) is 0 Å². The van der Waals surface area contributed by atoms with Crippen LogP contribution >= 0.6 is 0 Å². The van der Waals surface area contributed by atoms with Gasteiger partial charge in [0, 0.05) is 18.9 Å². The van der Waals surface area contributed by atoms with Gasteiger partial charge in [0.2, 0.25) is 0 Å². The molecule has 0 saturated carbocycles. The van der Waals surface area contributed by atoms with E-state index in [-0.39, 0.29) is 18.0 Å². The summed E-state index contributed by atoms with van der Waals surface area (Å²) in [6, 6.07) is 2.41. The van der Waals surface area contributed by atoms with E-state index in [4.69, 9.17) is 0 Å². The van der Waals surface area contributed by atoms with Gasteiger partial charge in [-0.3, -0.25) is 4.98 Å². The molecule has 0 aliphatic carbocycles. The Bertz CT molecular complexity index is 506. The monoisotopic (exact) mass is 291 g/mol. The minimum atomic E-state index is -0.936. The summed E-state index contributed by atoms with van der Waals surface area (Å²) >= 11 is 0. The van der Waals surface area contributed by atoms with Crippen LogP contribution in [0.4, 0.5) is 4.79 Å². The van der Waals surface area contributed by atoms with E-state index in [2.05, 4.69) is 10.3 Å². The molecule has 114 valence electrons. The molecule has 1 aromatic heterocycles. The molecule has 2 N–H and O–H groups in total. The number of rotatable bonds is 3. The first kappa shape index (κ1) is 15.3. The number of likely N-dealkylation sites (tertiary alicyclic amines) is 1. The van der Waals surface area contributed by atoms with Crippen molar-refractivity contribution in [1.82, 2.24) is 15.2 Å². The van der Waals surface area contributed by atoms with E-state index in [9.17, 15) is 14.7 Å². The number of carboxylic acid groups (broad SMARTS) is 1. The van der Waals surface area contributed by atoms with Gasteiger partial charge in [0.25, 0.3) is 0 Å². The first-order valence-corrected chi connectivity index (χ1v) is 7.20. The maximum atomic E-state index is 12.4. The van der Waals surface area contributed by atoms with Crippen LogP contribution in [0.15, 0.2) is 24.5 Å². The number of carbonyl (C=O) groups excluding carboxylic acids is 1. The topological polar surface area (TPSA) is 82.5 Å². The van der Waals surface area contributed by atoms with Crippen molar-refractivity contribution in [2.75, 3.05) is 6.54 Å². The lowest BCUT2D eigenvalue weighted by Crippen LogP contribution is -2.55. The Morgan fingerprint density at radius 1 is 1.43 bits per heavy atom. The van der Waals surface area contributed by atoms with E-state index in [1.807, 2.05) is 26.0 Å². The second kappa shape index (κ2) is 6.56. The lowest BCUT2D eigenvalue weighted by Gasteiger charge is -2.37. The Morgan fingerprint density at radius 3 is 2.71 bits per heavy atom. The Kier molecular flexibility index (Phi) is 4.77. The van der Waals surface area contributed by atoms with Gasteiger partial charge in [-0.25, -0.2) is 9.59 Å². The second-order valence-corrected chi connectivity index (χ2v) is 5.55. The minimum Gasteiger partial charge on any atom is -0.480 e. The highest BCUT2D eigenvalue weighted by atomic mass is 16.4. The van der Waals surface area contributed by atoms with Crippen molar-refractivity contribution < 1.29 is 14.7 Å².